The summed E-state index contributed by atoms with van der Waals surface area (Å²) in [6, 6.07) is 5.74. The fourth-order valence-electron chi connectivity index (χ4n) is 1.80. The molecular weight excluding hydrogens is 261 g/mol. The molecule has 20 heavy (non-hydrogen) atoms. The summed E-state index contributed by atoms with van der Waals surface area (Å²) >= 11 is 0. The van der Waals surface area contributed by atoms with Crippen molar-refractivity contribution in [2.24, 2.45) is 0 Å². The van der Waals surface area contributed by atoms with E-state index in [9.17, 15) is 9.18 Å². The number of tetrazole rings is 1. The number of aromatic nitrogens is 4. The lowest BCUT2D eigenvalue weighted by Gasteiger charge is -2.08. The number of carbonyl (C=O) groups is 1. The number of nitrogens with one attached hydrogen (secondary N) is 1. The largest absolute Gasteiger partial charge is 0.352 e. The van der Waals surface area contributed by atoms with E-state index in [-0.39, 0.29) is 11.9 Å². The molecule has 0 bridgehead atoms. The lowest BCUT2D eigenvalue weighted by molar-refractivity contribution is 0.0953. The smallest absolute Gasteiger partial charge is 0.251 e. The van der Waals surface area contributed by atoms with Gasteiger partial charge in [0.25, 0.3) is 5.91 Å². The zero-order valence-corrected chi connectivity index (χ0v) is 11.4. The molecule has 106 valence electrons. The minimum atomic E-state index is -0.429. The normalized spacial score (nSPS) is 10.8. The molecule has 0 aliphatic carbocycles. The minimum Gasteiger partial charge on any atom is -0.352 e. The van der Waals surface area contributed by atoms with Crippen LogP contribution in [-0.4, -0.2) is 32.7 Å². The third-order valence-electron chi connectivity index (χ3n) is 2.77. The highest BCUT2D eigenvalue weighted by Crippen LogP contribution is 2.05. The highest BCUT2D eigenvalue weighted by atomic mass is 19.1. The first-order chi connectivity index (χ1) is 9.58. The van der Waals surface area contributed by atoms with E-state index in [1.165, 1.54) is 18.2 Å². The van der Waals surface area contributed by atoms with Crippen molar-refractivity contribution >= 4 is 5.91 Å². The number of benzene rings is 1. The number of amides is 1. The van der Waals surface area contributed by atoms with Crippen molar-refractivity contribution in [3.63, 3.8) is 0 Å². The van der Waals surface area contributed by atoms with Gasteiger partial charge in [-0.05, 0) is 42.5 Å². The van der Waals surface area contributed by atoms with Crippen LogP contribution in [0.5, 0.6) is 0 Å². The van der Waals surface area contributed by atoms with Gasteiger partial charge in [0.15, 0.2) is 5.82 Å². The molecule has 2 aromatic rings. The van der Waals surface area contributed by atoms with Crippen LogP contribution in [0, 0.1) is 5.82 Å². The molecule has 1 amide bonds. The Kier molecular flexibility index (Phi) is 4.39. The quantitative estimate of drug-likeness (QED) is 0.895. The van der Waals surface area contributed by atoms with Crippen molar-refractivity contribution in [3.8, 4) is 0 Å². The Hall–Kier alpha value is -2.31. The van der Waals surface area contributed by atoms with Crippen LogP contribution < -0.4 is 5.32 Å². The van der Waals surface area contributed by atoms with Crippen LogP contribution in [0.3, 0.4) is 0 Å². The molecule has 7 heteroatoms. The second-order valence-corrected chi connectivity index (χ2v) is 4.65. The van der Waals surface area contributed by atoms with E-state index < -0.39 is 5.82 Å². The second kappa shape index (κ2) is 6.23. The molecule has 0 saturated heterocycles. The predicted molar refractivity (Wildman–Crippen MR) is 70.6 cm³/mol. The minimum absolute atomic E-state index is 0.166. The van der Waals surface area contributed by atoms with Crippen LogP contribution in [-0.2, 0) is 6.42 Å². The van der Waals surface area contributed by atoms with Gasteiger partial charge in [-0.1, -0.05) is 6.07 Å². The molecule has 2 rings (SSSR count). The van der Waals surface area contributed by atoms with Crippen LogP contribution in [0.2, 0.25) is 0 Å². The van der Waals surface area contributed by atoms with Crippen LogP contribution in [0.15, 0.2) is 24.3 Å². The van der Waals surface area contributed by atoms with E-state index in [0.717, 1.165) is 0 Å². The fourth-order valence-corrected chi connectivity index (χ4v) is 1.80. The highest BCUT2D eigenvalue weighted by Gasteiger charge is 2.10. The molecule has 0 fully saturated rings. The van der Waals surface area contributed by atoms with Gasteiger partial charge in [0, 0.05) is 18.5 Å². The predicted octanol–water partition coefficient (Wildman–Crippen LogP) is 1.37. The van der Waals surface area contributed by atoms with Gasteiger partial charge in [0.2, 0.25) is 0 Å². The Morgan fingerprint density at radius 3 is 2.95 bits per heavy atom. The van der Waals surface area contributed by atoms with Crippen LogP contribution in [0.4, 0.5) is 4.39 Å². The zero-order valence-electron chi connectivity index (χ0n) is 11.4. The Bertz CT molecular complexity index is 596. The van der Waals surface area contributed by atoms with Crippen LogP contribution >= 0.6 is 0 Å². The summed E-state index contributed by atoms with van der Waals surface area (Å²) in [6.07, 6.45) is 0.520. The van der Waals surface area contributed by atoms with E-state index >= 15 is 0 Å². The Morgan fingerprint density at radius 2 is 2.25 bits per heavy atom. The summed E-state index contributed by atoms with van der Waals surface area (Å²) in [6.45, 7) is 4.35. The first-order valence-electron chi connectivity index (χ1n) is 6.38. The number of rotatable bonds is 5. The summed E-state index contributed by atoms with van der Waals surface area (Å²) in [4.78, 5) is 11.8. The van der Waals surface area contributed by atoms with Gasteiger partial charge in [0.05, 0.1) is 6.04 Å². The monoisotopic (exact) mass is 277 g/mol. The zero-order chi connectivity index (χ0) is 14.5. The van der Waals surface area contributed by atoms with Gasteiger partial charge in [-0.25, -0.2) is 9.07 Å². The standard InChI is InChI=1S/C13H16FN5O/c1-9(2)19-12(16-17-18-19)6-7-15-13(20)10-4-3-5-11(14)8-10/h3-5,8-9H,6-7H2,1-2H3,(H,15,20). The molecule has 1 aromatic heterocycles. The Morgan fingerprint density at radius 1 is 1.45 bits per heavy atom. The molecule has 1 heterocycles. The number of hydrogen-bond donors (Lipinski definition) is 1. The summed E-state index contributed by atoms with van der Waals surface area (Å²) in [5, 5.41) is 14.1. The lowest BCUT2D eigenvalue weighted by atomic mass is 10.2. The van der Waals surface area contributed by atoms with Gasteiger partial charge in [0.1, 0.15) is 5.82 Å². The first-order valence-corrected chi connectivity index (χ1v) is 6.38. The molecule has 1 aromatic carbocycles. The molecular formula is C13H16FN5O. The number of hydrogen-bond acceptors (Lipinski definition) is 4. The van der Waals surface area contributed by atoms with Gasteiger partial charge < -0.3 is 5.32 Å². The SMILES string of the molecule is CC(C)n1nnnc1CCNC(=O)c1cccc(F)c1. The van der Waals surface area contributed by atoms with E-state index in [1.54, 1.807) is 10.7 Å². The average molecular weight is 277 g/mol. The number of carbonyl (C=O) groups excluding carboxylic acids is 1. The average Bonchev–Trinajstić information content (AvgIpc) is 2.87. The number of nitrogens with zero attached hydrogens (tertiary/aromatic N) is 4. The fraction of sp³-hybridized carbons (Fsp3) is 0.385. The maximum absolute atomic E-state index is 13.0. The van der Waals surface area contributed by atoms with E-state index in [2.05, 4.69) is 20.8 Å². The molecule has 0 saturated carbocycles. The van der Waals surface area contributed by atoms with Crippen molar-refractivity contribution in [3.05, 3.63) is 41.5 Å². The van der Waals surface area contributed by atoms with Gasteiger partial charge >= 0.3 is 0 Å². The maximum Gasteiger partial charge on any atom is 0.251 e. The van der Waals surface area contributed by atoms with Crippen molar-refractivity contribution < 1.29 is 9.18 Å². The van der Waals surface area contributed by atoms with E-state index in [0.29, 0.717) is 24.4 Å². The molecule has 1 N–H and O–H groups in total. The third-order valence-corrected chi connectivity index (χ3v) is 2.77. The first kappa shape index (κ1) is 14.1. The molecule has 0 aliphatic heterocycles. The summed E-state index contributed by atoms with van der Waals surface area (Å²) in [5.41, 5.74) is 0.299. The number of halogens is 1. The summed E-state index contributed by atoms with van der Waals surface area (Å²) < 4.78 is 14.7. The topological polar surface area (TPSA) is 72.7 Å². The van der Waals surface area contributed by atoms with Crippen molar-refractivity contribution in [2.45, 2.75) is 26.3 Å². The molecule has 6 nitrogen and oxygen atoms in total. The van der Waals surface area contributed by atoms with E-state index in [4.69, 9.17) is 0 Å². The molecule has 0 radical (unpaired) electrons. The van der Waals surface area contributed by atoms with E-state index in [1.807, 2.05) is 13.8 Å². The Labute approximate surface area is 116 Å². The molecule has 0 aliphatic rings. The second-order valence-electron chi connectivity index (χ2n) is 4.65. The lowest BCUT2D eigenvalue weighted by Crippen LogP contribution is -2.26. The summed E-state index contributed by atoms with van der Waals surface area (Å²) in [7, 11) is 0. The summed E-state index contributed by atoms with van der Waals surface area (Å²) in [5.74, 6) is -0.0333. The maximum atomic E-state index is 13.0. The molecule has 0 spiro atoms. The van der Waals surface area contributed by atoms with Crippen LogP contribution in [0.25, 0.3) is 0 Å². The third kappa shape index (κ3) is 3.37. The highest BCUT2D eigenvalue weighted by molar-refractivity contribution is 5.94. The van der Waals surface area contributed by atoms with Crippen molar-refractivity contribution in [1.82, 2.24) is 25.5 Å². The van der Waals surface area contributed by atoms with Crippen molar-refractivity contribution in [2.75, 3.05) is 6.54 Å². The van der Waals surface area contributed by atoms with Crippen LogP contribution in [0.1, 0.15) is 36.1 Å². The van der Waals surface area contributed by atoms with Gasteiger partial charge in [-0.3, -0.25) is 4.79 Å². The Balaban J connectivity index is 1.90. The molecule has 0 unspecified atom stereocenters. The van der Waals surface area contributed by atoms with Gasteiger partial charge in [-0.2, -0.15) is 0 Å². The van der Waals surface area contributed by atoms with Crippen molar-refractivity contribution in [1.29, 1.82) is 0 Å². The van der Waals surface area contributed by atoms with Gasteiger partial charge in [-0.15, -0.1) is 5.10 Å². The molecule has 0 atom stereocenters.